The summed E-state index contributed by atoms with van der Waals surface area (Å²) in [6.45, 7) is 3.77. The zero-order chi connectivity index (χ0) is 13.3. The Morgan fingerprint density at radius 2 is 1.94 bits per heavy atom. The van der Waals surface area contributed by atoms with Gasteiger partial charge < -0.3 is 9.52 Å². The van der Waals surface area contributed by atoms with Crippen LogP contribution in [-0.2, 0) is 0 Å². The first-order valence-electron chi connectivity index (χ1n) is 5.49. The van der Waals surface area contributed by atoms with Gasteiger partial charge in [0.25, 0.3) is 0 Å². The van der Waals surface area contributed by atoms with E-state index in [2.05, 4.69) is 20.9 Å². The van der Waals surface area contributed by atoms with Crippen LogP contribution in [0.5, 0.6) is 0 Å². The Bertz CT molecular complexity index is 572. The van der Waals surface area contributed by atoms with Crippen molar-refractivity contribution < 1.29 is 14.3 Å². The average Bonchev–Trinajstić information content (AvgIpc) is 2.75. The molecule has 0 radical (unpaired) electrons. The van der Waals surface area contributed by atoms with Gasteiger partial charge in [-0.15, -0.1) is 0 Å². The van der Waals surface area contributed by atoms with Gasteiger partial charge in [-0.1, -0.05) is 29.8 Å². The molecule has 0 fully saturated rings. The molecule has 94 valence electrons. The summed E-state index contributed by atoms with van der Waals surface area (Å²) in [5, 5.41) is 9.08. The smallest absolute Gasteiger partial charge is 0.373 e. The van der Waals surface area contributed by atoms with Crippen molar-refractivity contribution in [1.29, 1.82) is 0 Å². The first-order chi connectivity index (χ1) is 8.49. The second kappa shape index (κ2) is 4.94. The van der Waals surface area contributed by atoms with Crippen LogP contribution >= 0.6 is 15.9 Å². The van der Waals surface area contributed by atoms with Gasteiger partial charge >= 0.3 is 5.97 Å². The molecule has 1 aromatic carbocycles. The minimum atomic E-state index is -1.09. The number of halogens is 1. The van der Waals surface area contributed by atoms with Gasteiger partial charge in [0.15, 0.2) is 0 Å². The number of carboxylic acids is 1. The molecule has 0 bridgehead atoms. The molecule has 0 amide bonds. The van der Waals surface area contributed by atoms with Crippen LogP contribution in [0.15, 0.2) is 33.2 Å². The Kier molecular flexibility index (Phi) is 3.52. The lowest BCUT2D eigenvalue weighted by Crippen LogP contribution is -2.01. The van der Waals surface area contributed by atoms with Crippen molar-refractivity contribution in [2.45, 2.75) is 19.8 Å². The maximum Gasteiger partial charge on any atom is 0.373 e. The van der Waals surface area contributed by atoms with Gasteiger partial charge in [-0.3, -0.25) is 0 Å². The third kappa shape index (κ3) is 2.46. The van der Waals surface area contributed by atoms with Crippen LogP contribution in [-0.4, -0.2) is 16.1 Å². The number of rotatable bonds is 3. The fourth-order valence-corrected chi connectivity index (χ4v) is 1.86. The molecule has 0 saturated heterocycles. The van der Waals surface area contributed by atoms with Crippen LogP contribution in [0.2, 0.25) is 0 Å². The molecule has 2 rings (SSSR count). The Balaban J connectivity index is 2.49. The van der Waals surface area contributed by atoms with Crippen molar-refractivity contribution in [2.75, 3.05) is 0 Å². The van der Waals surface area contributed by atoms with Crippen molar-refractivity contribution in [2.24, 2.45) is 0 Å². The minimum Gasteiger partial charge on any atom is -0.475 e. The first-order valence-corrected chi connectivity index (χ1v) is 6.28. The molecule has 0 aliphatic carbocycles. The summed E-state index contributed by atoms with van der Waals surface area (Å²) in [4.78, 5) is 15.4. The van der Waals surface area contributed by atoms with E-state index in [1.165, 1.54) is 0 Å². The number of aromatic carboxylic acids is 1. The monoisotopic (exact) mass is 309 g/mol. The molecule has 2 aromatic rings. The van der Waals surface area contributed by atoms with E-state index in [1.54, 1.807) is 0 Å². The molecule has 18 heavy (non-hydrogen) atoms. The van der Waals surface area contributed by atoms with E-state index in [4.69, 9.17) is 9.52 Å². The molecule has 0 spiro atoms. The third-order valence-corrected chi connectivity index (χ3v) is 3.01. The molecule has 0 unspecified atom stereocenters. The Hall–Kier alpha value is -1.62. The zero-order valence-corrected chi connectivity index (χ0v) is 11.6. The average molecular weight is 310 g/mol. The number of oxazole rings is 1. The van der Waals surface area contributed by atoms with Crippen molar-refractivity contribution in [1.82, 2.24) is 4.98 Å². The van der Waals surface area contributed by atoms with Crippen LogP contribution in [0.25, 0.3) is 11.5 Å². The molecule has 1 heterocycles. The van der Waals surface area contributed by atoms with Crippen molar-refractivity contribution in [3.63, 3.8) is 0 Å². The van der Waals surface area contributed by atoms with Crippen molar-refractivity contribution in [3.05, 3.63) is 40.2 Å². The Morgan fingerprint density at radius 3 is 2.39 bits per heavy atom. The van der Waals surface area contributed by atoms with Crippen LogP contribution < -0.4 is 0 Å². The molecular formula is C13H12BrNO3. The first kappa shape index (κ1) is 12.8. The number of nitrogens with zero attached hydrogens (tertiary/aromatic N) is 1. The highest BCUT2D eigenvalue weighted by Crippen LogP contribution is 2.27. The van der Waals surface area contributed by atoms with Crippen LogP contribution in [0.4, 0.5) is 0 Å². The van der Waals surface area contributed by atoms with E-state index in [0.717, 1.165) is 10.0 Å². The van der Waals surface area contributed by atoms with E-state index in [9.17, 15) is 4.79 Å². The predicted octanol–water partition coefficient (Wildman–Crippen LogP) is 3.93. The van der Waals surface area contributed by atoms with Crippen LogP contribution in [0.1, 0.15) is 36.0 Å². The molecule has 1 aromatic heterocycles. The van der Waals surface area contributed by atoms with Gasteiger partial charge in [-0.2, -0.15) is 0 Å². The van der Waals surface area contributed by atoms with Gasteiger partial charge in [0.2, 0.25) is 11.7 Å². The highest BCUT2D eigenvalue weighted by atomic mass is 79.9. The van der Waals surface area contributed by atoms with Gasteiger partial charge in [0, 0.05) is 10.0 Å². The largest absolute Gasteiger partial charge is 0.475 e. The summed E-state index contributed by atoms with van der Waals surface area (Å²) in [5.74, 6) is -0.829. The van der Waals surface area contributed by atoms with E-state index in [1.807, 2.05) is 38.1 Å². The molecule has 0 aliphatic heterocycles. The van der Waals surface area contributed by atoms with E-state index in [-0.39, 0.29) is 11.7 Å². The van der Waals surface area contributed by atoms with Gasteiger partial charge in [0.1, 0.15) is 0 Å². The van der Waals surface area contributed by atoms with E-state index >= 15 is 0 Å². The fourth-order valence-electron chi connectivity index (χ4n) is 1.59. The zero-order valence-electron chi connectivity index (χ0n) is 9.98. The highest BCUT2D eigenvalue weighted by Gasteiger charge is 2.22. The summed E-state index contributed by atoms with van der Waals surface area (Å²) < 4.78 is 6.28. The second-order valence-electron chi connectivity index (χ2n) is 4.20. The molecule has 0 aliphatic rings. The molecule has 0 atom stereocenters. The number of carboxylic acid groups (broad SMARTS) is 1. The van der Waals surface area contributed by atoms with Crippen LogP contribution in [0.3, 0.4) is 0 Å². The maximum atomic E-state index is 11.1. The van der Waals surface area contributed by atoms with Gasteiger partial charge in [0.05, 0.1) is 5.69 Å². The quantitative estimate of drug-likeness (QED) is 0.933. The number of hydrogen-bond donors (Lipinski definition) is 1. The molecule has 1 N–H and O–H groups in total. The van der Waals surface area contributed by atoms with Crippen molar-refractivity contribution >= 4 is 21.9 Å². The van der Waals surface area contributed by atoms with Gasteiger partial charge in [-0.25, -0.2) is 9.78 Å². The van der Waals surface area contributed by atoms with E-state index < -0.39 is 5.97 Å². The fraction of sp³-hybridized carbons (Fsp3) is 0.231. The third-order valence-electron chi connectivity index (χ3n) is 2.49. The number of hydrogen-bond acceptors (Lipinski definition) is 3. The number of benzene rings is 1. The summed E-state index contributed by atoms with van der Waals surface area (Å²) in [6.07, 6.45) is 0. The molecular weight excluding hydrogens is 298 g/mol. The lowest BCUT2D eigenvalue weighted by Gasteiger charge is -1.98. The van der Waals surface area contributed by atoms with Crippen LogP contribution in [0, 0.1) is 0 Å². The predicted molar refractivity (Wildman–Crippen MR) is 70.7 cm³/mol. The molecule has 4 nitrogen and oxygen atoms in total. The Morgan fingerprint density at radius 1 is 1.33 bits per heavy atom. The standard InChI is InChI=1S/C13H12BrNO3/c1-7(2)10-11(13(16)17)18-12(15-10)8-3-5-9(14)6-4-8/h3-7H,1-2H3,(H,16,17). The summed E-state index contributed by atoms with van der Waals surface area (Å²) in [6, 6.07) is 7.36. The lowest BCUT2D eigenvalue weighted by molar-refractivity contribution is 0.0661. The lowest BCUT2D eigenvalue weighted by atomic mass is 10.1. The normalized spacial score (nSPS) is 10.9. The second-order valence-corrected chi connectivity index (χ2v) is 5.12. The molecule has 0 saturated carbocycles. The number of aromatic nitrogens is 1. The van der Waals surface area contributed by atoms with Gasteiger partial charge in [-0.05, 0) is 30.2 Å². The summed E-state index contributed by atoms with van der Waals surface area (Å²) in [5.41, 5.74) is 1.23. The minimum absolute atomic E-state index is 0.00375. The van der Waals surface area contributed by atoms with E-state index in [0.29, 0.717) is 11.6 Å². The SMILES string of the molecule is CC(C)c1nc(-c2ccc(Br)cc2)oc1C(=O)O. The number of carbonyl (C=O) groups is 1. The summed E-state index contributed by atoms with van der Waals surface area (Å²) >= 11 is 3.34. The highest BCUT2D eigenvalue weighted by molar-refractivity contribution is 9.10. The van der Waals surface area contributed by atoms with Crippen molar-refractivity contribution in [3.8, 4) is 11.5 Å². The topological polar surface area (TPSA) is 63.3 Å². The maximum absolute atomic E-state index is 11.1. The summed E-state index contributed by atoms with van der Waals surface area (Å²) in [7, 11) is 0. The molecule has 5 heteroatoms. The Labute approximate surface area is 113 Å².